The van der Waals surface area contributed by atoms with Crippen molar-refractivity contribution < 1.29 is 14.7 Å². The Labute approximate surface area is 165 Å². The number of rotatable bonds is 5. The van der Waals surface area contributed by atoms with Crippen molar-refractivity contribution in [1.82, 2.24) is 10.7 Å². The molecular formula is C16H12Br2ClN3O3. The zero-order chi connectivity index (χ0) is 18.4. The lowest BCUT2D eigenvalue weighted by Crippen LogP contribution is -2.34. The summed E-state index contributed by atoms with van der Waals surface area (Å²) in [6.45, 7) is -0.243. The van der Waals surface area contributed by atoms with E-state index in [2.05, 4.69) is 47.7 Å². The number of nitrogens with one attached hydrogen (secondary N) is 2. The maximum absolute atomic E-state index is 11.9. The largest absolute Gasteiger partial charge is 0.506 e. The van der Waals surface area contributed by atoms with Crippen molar-refractivity contribution in [2.24, 2.45) is 5.10 Å². The number of hydrogen-bond acceptors (Lipinski definition) is 4. The fourth-order valence-corrected chi connectivity index (χ4v) is 3.15. The van der Waals surface area contributed by atoms with E-state index >= 15 is 0 Å². The first-order chi connectivity index (χ1) is 11.9. The lowest BCUT2D eigenvalue weighted by Gasteiger charge is -2.05. The van der Waals surface area contributed by atoms with Crippen molar-refractivity contribution in [1.29, 1.82) is 0 Å². The van der Waals surface area contributed by atoms with Gasteiger partial charge < -0.3 is 10.4 Å². The Balaban J connectivity index is 1.86. The van der Waals surface area contributed by atoms with Crippen molar-refractivity contribution >= 4 is 61.5 Å². The molecule has 9 heteroatoms. The van der Waals surface area contributed by atoms with Crippen LogP contribution in [0.15, 0.2) is 50.4 Å². The Hall–Kier alpha value is -1.90. The summed E-state index contributed by atoms with van der Waals surface area (Å²) in [4.78, 5) is 23.6. The molecule has 0 saturated carbocycles. The predicted molar refractivity (Wildman–Crippen MR) is 103 cm³/mol. The zero-order valence-corrected chi connectivity index (χ0v) is 16.5. The van der Waals surface area contributed by atoms with E-state index < -0.39 is 11.8 Å². The van der Waals surface area contributed by atoms with E-state index in [0.717, 1.165) is 4.47 Å². The van der Waals surface area contributed by atoms with Crippen LogP contribution in [0.25, 0.3) is 0 Å². The normalized spacial score (nSPS) is 10.7. The molecule has 0 aromatic heterocycles. The monoisotopic (exact) mass is 487 g/mol. The second-order valence-corrected chi connectivity index (χ2v) is 7.01. The third-order valence-electron chi connectivity index (χ3n) is 2.97. The molecule has 0 atom stereocenters. The average Bonchev–Trinajstić information content (AvgIpc) is 2.57. The summed E-state index contributed by atoms with van der Waals surface area (Å²) in [6.07, 6.45) is 1.30. The Morgan fingerprint density at radius 3 is 2.56 bits per heavy atom. The number of amides is 2. The minimum absolute atomic E-state index is 0.00256. The summed E-state index contributed by atoms with van der Waals surface area (Å²) in [5.41, 5.74) is 3.07. The van der Waals surface area contributed by atoms with Crippen LogP contribution in [0.2, 0.25) is 5.02 Å². The van der Waals surface area contributed by atoms with Crippen LogP contribution in [0.1, 0.15) is 15.9 Å². The Morgan fingerprint density at radius 2 is 1.88 bits per heavy atom. The van der Waals surface area contributed by atoms with Crippen LogP contribution < -0.4 is 10.7 Å². The van der Waals surface area contributed by atoms with Gasteiger partial charge >= 0.3 is 0 Å². The van der Waals surface area contributed by atoms with Crippen molar-refractivity contribution in [3.63, 3.8) is 0 Å². The first kappa shape index (κ1) is 19.4. The molecule has 2 aromatic carbocycles. The Morgan fingerprint density at radius 1 is 1.20 bits per heavy atom. The van der Waals surface area contributed by atoms with Gasteiger partial charge in [0.1, 0.15) is 5.75 Å². The minimum Gasteiger partial charge on any atom is -0.506 e. The lowest BCUT2D eigenvalue weighted by molar-refractivity contribution is -0.120. The van der Waals surface area contributed by atoms with Gasteiger partial charge in [0, 0.05) is 20.6 Å². The number of carbonyl (C=O) groups excluding carboxylic acids is 2. The highest BCUT2D eigenvalue weighted by molar-refractivity contribution is 9.11. The highest BCUT2D eigenvalue weighted by atomic mass is 79.9. The second-order valence-electron chi connectivity index (χ2n) is 4.81. The van der Waals surface area contributed by atoms with Gasteiger partial charge in [0.15, 0.2) is 0 Å². The summed E-state index contributed by atoms with van der Waals surface area (Å²) < 4.78 is 1.23. The molecule has 0 spiro atoms. The molecule has 6 nitrogen and oxygen atoms in total. The molecular weight excluding hydrogens is 477 g/mol. The van der Waals surface area contributed by atoms with E-state index in [4.69, 9.17) is 11.6 Å². The molecule has 2 aromatic rings. The molecule has 2 rings (SSSR count). The van der Waals surface area contributed by atoms with Crippen LogP contribution in [0.3, 0.4) is 0 Å². The van der Waals surface area contributed by atoms with Gasteiger partial charge in [-0.3, -0.25) is 9.59 Å². The Bertz CT molecular complexity index is 826. The molecule has 0 fully saturated rings. The first-order valence-corrected chi connectivity index (χ1v) is 8.87. The molecule has 3 N–H and O–H groups in total. The number of halogens is 3. The summed E-state index contributed by atoms with van der Waals surface area (Å²) in [5, 5.41) is 16.6. The molecule has 0 bridgehead atoms. The van der Waals surface area contributed by atoms with Crippen molar-refractivity contribution in [2.75, 3.05) is 6.54 Å². The highest BCUT2D eigenvalue weighted by Crippen LogP contribution is 2.30. The van der Waals surface area contributed by atoms with Crippen LogP contribution in [0, 0.1) is 0 Å². The standard InChI is InChI=1S/C16H12Br2ClN3O3/c17-11-5-10(15(24)13(18)6-11)7-21-22-14(23)8-20-16(25)9-1-3-12(19)4-2-9/h1-7,24H,8H2,(H,20,25)(H,22,23)/b21-7-. The van der Waals surface area contributed by atoms with Gasteiger partial charge in [-0.2, -0.15) is 5.10 Å². The molecule has 0 heterocycles. The maximum atomic E-state index is 11.9. The molecule has 130 valence electrons. The average molecular weight is 490 g/mol. The van der Waals surface area contributed by atoms with Crippen LogP contribution in [-0.2, 0) is 4.79 Å². The topological polar surface area (TPSA) is 90.8 Å². The van der Waals surface area contributed by atoms with Crippen LogP contribution in [0.4, 0.5) is 0 Å². The summed E-state index contributed by atoms with van der Waals surface area (Å²) in [5.74, 6) is -0.909. The van der Waals surface area contributed by atoms with Crippen LogP contribution in [-0.4, -0.2) is 29.7 Å². The highest BCUT2D eigenvalue weighted by Gasteiger charge is 2.08. The second kappa shape index (κ2) is 8.98. The van der Waals surface area contributed by atoms with E-state index in [9.17, 15) is 14.7 Å². The Kier molecular flexibility index (Phi) is 6.98. The summed E-state index contributed by atoms with van der Waals surface area (Å²) in [7, 11) is 0. The number of carbonyl (C=O) groups is 2. The molecule has 0 aliphatic carbocycles. The van der Waals surface area contributed by atoms with E-state index in [1.54, 1.807) is 36.4 Å². The zero-order valence-electron chi connectivity index (χ0n) is 12.6. The van der Waals surface area contributed by atoms with Gasteiger partial charge in [0.25, 0.3) is 11.8 Å². The first-order valence-electron chi connectivity index (χ1n) is 6.90. The lowest BCUT2D eigenvalue weighted by atomic mass is 10.2. The van der Waals surface area contributed by atoms with E-state index in [0.29, 0.717) is 20.6 Å². The molecule has 0 radical (unpaired) electrons. The molecule has 0 saturated heterocycles. The fraction of sp³-hybridized carbons (Fsp3) is 0.0625. The number of phenolic OH excluding ortho intramolecular Hbond substituents is 1. The third kappa shape index (κ3) is 5.84. The number of phenols is 1. The molecule has 0 aliphatic rings. The molecule has 0 unspecified atom stereocenters. The van der Waals surface area contributed by atoms with Gasteiger partial charge in [-0.05, 0) is 52.3 Å². The number of benzene rings is 2. The molecule has 25 heavy (non-hydrogen) atoms. The molecule has 0 aliphatic heterocycles. The van der Waals surface area contributed by atoms with E-state index in [1.165, 1.54) is 6.21 Å². The van der Waals surface area contributed by atoms with Gasteiger partial charge in [0.05, 0.1) is 17.2 Å². The number of hydrogen-bond donors (Lipinski definition) is 3. The minimum atomic E-state index is -0.507. The predicted octanol–water partition coefficient (Wildman–Crippen LogP) is 3.45. The molecule has 2 amide bonds. The van der Waals surface area contributed by atoms with Crippen molar-refractivity contribution in [3.05, 3.63) is 61.5 Å². The third-order valence-corrected chi connectivity index (χ3v) is 4.28. The van der Waals surface area contributed by atoms with E-state index in [-0.39, 0.29) is 12.3 Å². The number of nitrogens with zero attached hydrogens (tertiary/aromatic N) is 1. The van der Waals surface area contributed by atoms with Gasteiger partial charge in [-0.15, -0.1) is 0 Å². The maximum Gasteiger partial charge on any atom is 0.259 e. The van der Waals surface area contributed by atoms with Gasteiger partial charge in [-0.1, -0.05) is 27.5 Å². The van der Waals surface area contributed by atoms with Crippen LogP contribution in [0.5, 0.6) is 5.75 Å². The van der Waals surface area contributed by atoms with Gasteiger partial charge in [0.2, 0.25) is 0 Å². The SMILES string of the molecule is O=C(CNC(=O)c1ccc(Cl)cc1)N/N=C\c1cc(Br)cc(Br)c1O. The van der Waals surface area contributed by atoms with Crippen molar-refractivity contribution in [3.8, 4) is 5.75 Å². The summed E-state index contributed by atoms with van der Waals surface area (Å²) in [6, 6.07) is 9.60. The fourth-order valence-electron chi connectivity index (χ4n) is 1.76. The van der Waals surface area contributed by atoms with Gasteiger partial charge in [-0.25, -0.2) is 5.43 Å². The quantitative estimate of drug-likeness (QED) is 0.444. The summed E-state index contributed by atoms with van der Waals surface area (Å²) >= 11 is 12.2. The smallest absolute Gasteiger partial charge is 0.259 e. The van der Waals surface area contributed by atoms with E-state index in [1.807, 2.05) is 0 Å². The number of aromatic hydroxyl groups is 1. The van der Waals surface area contributed by atoms with Crippen molar-refractivity contribution in [2.45, 2.75) is 0 Å². The number of hydrazone groups is 1. The van der Waals surface area contributed by atoms with Crippen LogP contribution >= 0.6 is 43.5 Å².